The second-order valence-corrected chi connectivity index (χ2v) is 8.16. The number of fused-ring (bicyclic) bond motifs is 3. The Morgan fingerprint density at radius 2 is 2.00 bits per heavy atom. The third-order valence-corrected chi connectivity index (χ3v) is 6.42. The molecular weight excluding hydrogens is 362 g/mol. The molecule has 0 atom stereocenters. The van der Waals surface area contributed by atoms with E-state index in [0.29, 0.717) is 13.1 Å². The molecule has 0 saturated carbocycles. The summed E-state index contributed by atoms with van der Waals surface area (Å²) in [5, 5.41) is 0.802. The molecule has 142 valence electrons. The van der Waals surface area contributed by atoms with Crippen LogP contribution in [0.1, 0.15) is 39.1 Å². The first-order valence-electron chi connectivity index (χ1n) is 9.16. The number of hydrogen-bond donors (Lipinski definition) is 0. The van der Waals surface area contributed by atoms with Gasteiger partial charge >= 0.3 is 0 Å². The van der Waals surface area contributed by atoms with Crippen molar-refractivity contribution in [2.75, 3.05) is 36.5 Å². The quantitative estimate of drug-likeness (QED) is 0.792. The smallest absolute Gasteiger partial charge is 0.257 e. The van der Waals surface area contributed by atoms with Gasteiger partial charge in [-0.1, -0.05) is 0 Å². The zero-order chi connectivity index (χ0) is 19.3. The fourth-order valence-corrected chi connectivity index (χ4v) is 5.22. The molecule has 4 heterocycles. The standard InChI is InChI=1S/C19H23N5O2S/c1-5-24-15(25)10-22(4)18(26)16-13-6-7-23(9-14(13)27-19(16)24)17-12(3)20-8-11(2)21-17/h8H,5-7,9-10H2,1-4H3. The molecule has 4 rings (SSSR count). The third-order valence-electron chi connectivity index (χ3n) is 5.18. The molecule has 0 saturated heterocycles. The molecule has 2 aromatic rings. The van der Waals surface area contributed by atoms with Crippen LogP contribution in [-0.2, 0) is 17.8 Å². The molecular formula is C19H23N5O2S. The van der Waals surface area contributed by atoms with E-state index in [1.54, 1.807) is 29.5 Å². The van der Waals surface area contributed by atoms with Crippen LogP contribution < -0.4 is 9.80 Å². The maximum atomic E-state index is 12.9. The molecule has 7 nitrogen and oxygen atoms in total. The van der Waals surface area contributed by atoms with Crippen LogP contribution in [0.5, 0.6) is 0 Å². The number of amides is 2. The van der Waals surface area contributed by atoms with Crippen molar-refractivity contribution in [3.63, 3.8) is 0 Å². The highest BCUT2D eigenvalue weighted by atomic mass is 32.1. The summed E-state index contributed by atoms with van der Waals surface area (Å²) in [5.74, 6) is 0.825. The Hall–Kier alpha value is -2.48. The predicted octanol–water partition coefficient (Wildman–Crippen LogP) is 2.16. The number of anilines is 2. The molecule has 2 aliphatic rings. The number of rotatable bonds is 2. The van der Waals surface area contributed by atoms with Crippen LogP contribution in [0.15, 0.2) is 6.20 Å². The number of aryl methyl sites for hydroxylation is 2. The number of nitrogens with zero attached hydrogens (tertiary/aromatic N) is 5. The first kappa shape index (κ1) is 17.9. The van der Waals surface area contributed by atoms with E-state index in [1.807, 2.05) is 20.8 Å². The van der Waals surface area contributed by atoms with E-state index in [2.05, 4.69) is 14.9 Å². The summed E-state index contributed by atoms with van der Waals surface area (Å²) in [6.45, 7) is 8.04. The molecule has 0 aliphatic carbocycles. The van der Waals surface area contributed by atoms with Crippen molar-refractivity contribution in [3.05, 3.63) is 33.6 Å². The summed E-state index contributed by atoms with van der Waals surface area (Å²) in [5.41, 5.74) is 3.61. The molecule has 2 aromatic heterocycles. The second kappa shape index (κ2) is 6.60. The van der Waals surface area contributed by atoms with Gasteiger partial charge in [0.05, 0.1) is 23.5 Å². The molecule has 0 unspecified atom stereocenters. The van der Waals surface area contributed by atoms with Gasteiger partial charge in [0.25, 0.3) is 5.91 Å². The minimum Gasteiger partial charge on any atom is -0.350 e. The summed E-state index contributed by atoms with van der Waals surface area (Å²) in [7, 11) is 1.70. The third kappa shape index (κ3) is 2.88. The predicted molar refractivity (Wildman–Crippen MR) is 106 cm³/mol. The summed E-state index contributed by atoms with van der Waals surface area (Å²) in [4.78, 5) is 41.2. The van der Waals surface area contributed by atoms with Crippen molar-refractivity contribution < 1.29 is 9.59 Å². The first-order chi connectivity index (χ1) is 12.9. The lowest BCUT2D eigenvalue weighted by Gasteiger charge is -2.29. The number of carbonyl (C=O) groups excluding carboxylic acids is 2. The van der Waals surface area contributed by atoms with Crippen LogP contribution in [0, 0.1) is 13.8 Å². The van der Waals surface area contributed by atoms with Crippen molar-refractivity contribution in [1.29, 1.82) is 0 Å². The van der Waals surface area contributed by atoms with Gasteiger partial charge in [-0.05, 0) is 32.8 Å². The van der Waals surface area contributed by atoms with E-state index in [9.17, 15) is 9.59 Å². The molecule has 0 bridgehead atoms. The molecule has 2 amide bonds. The highest BCUT2D eigenvalue weighted by molar-refractivity contribution is 7.17. The lowest BCUT2D eigenvalue weighted by molar-refractivity contribution is -0.118. The molecule has 27 heavy (non-hydrogen) atoms. The molecule has 0 aromatic carbocycles. The Labute approximate surface area is 162 Å². The lowest BCUT2D eigenvalue weighted by Crippen LogP contribution is -2.37. The fraction of sp³-hybridized carbons (Fsp3) is 0.474. The van der Waals surface area contributed by atoms with Gasteiger partial charge < -0.3 is 14.7 Å². The minimum absolute atomic E-state index is 0.0250. The Morgan fingerprint density at radius 3 is 2.74 bits per heavy atom. The zero-order valence-electron chi connectivity index (χ0n) is 16.1. The Morgan fingerprint density at radius 1 is 1.22 bits per heavy atom. The van der Waals surface area contributed by atoms with E-state index in [0.717, 1.165) is 51.2 Å². The maximum Gasteiger partial charge on any atom is 0.257 e. The largest absolute Gasteiger partial charge is 0.350 e. The number of hydrogen-bond acceptors (Lipinski definition) is 6. The van der Waals surface area contributed by atoms with Gasteiger partial charge in [-0.2, -0.15) is 0 Å². The Kier molecular flexibility index (Phi) is 4.38. The summed E-state index contributed by atoms with van der Waals surface area (Å²) < 4.78 is 0. The number of thiophene rings is 1. The molecule has 2 aliphatic heterocycles. The topological polar surface area (TPSA) is 69.6 Å². The Balaban J connectivity index is 1.76. The summed E-state index contributed by atoms with van der Waals surface area (Å²) in [6, 6.07) is 0. The zero-order valence-corrected chi connectivity index (χ0v) is 16.9. The van der Waals surface area contributed by atoms with Crippen LogP contribution in [0.25, 0.3) is 0 Å². The number of aromatic nitrogens is 2. The van der Waals surface area contributed by atoms with Crippen molar-refractivity contribution in [3.8, 4) is 0 Å². The van der Waals surface area contributed by atoms with Gasteiger partial charge in [0, 0.05) is 31.2 Å². The molecule has 0 fully saturated rings. The Bertz CT molecular complexity index is 938. The maximum absolute atomic E-state index is 12.9. The van der Waals surface area contributed by atoms with E-state index in [4.69, 9.17) is 0 Å². The van der Waals surface area contributed by atoms with E-state index < -0.39 is 0 Å². The van der Waals surface area contributed by atoms with Gasteiger partial charge in [-0.3, -0.25) is 14.6 Å². The van der Waals surface area contributed by atoms with Gasteiger partial charge in [-0.25, -0.2) is 4.98 Å². The highest BCUT2D eigenvalue weighted by Gasteiger charge is 2.36. The van der Waals surface area contributed by atoms with Gasteiger partial charge in [0.15, 0.2) is 5.82 Å². The van der Waals surface area contributed by atoms with Crippen LogP contribution in [-0.4, -0.2) is 53.4 Å². The SMILES string of the molecule is CCN1C(=O)CN(C)C(=O)c2c1sc1c2CCN(c2nc(C)cnc2C)C1. The van der Waals surface area contributed by atoms with E-state index >= 15 is 0 Å². The number of likely N-dealkylation sites (N-methyl/N-ethyl adjacent to an activating group) is 2. The lowest BCUT2D eigenvalue weighted by atomic mass is 10.0. The van der Waals surface area contributed by atoms with Crippen molar-refractivity contribution >= 4 is 34.0 Å². The molecule has 0 radical (unpaired) electrons. The average molecular weight is 385 g/mol. The monoisotopic (exact) mass is 385 g/mol. The van der Waals surface area contributed by atoms with E-state index in [-0.39, 0.29) is 18.4 Å². The number of carbonyl (C=O) groups is 2. The van der Waals surface area contributed by atoms with Crippen molar-refractivity contribution in [1.82, 2.24) is 14.9 Å². The molecule has 8 heteroatoms. The first-order valence-corrected chi connectivity index (χ1v) is 9.98. The van der Waals surface area contributed by atoms with Gasteiger partial charge in [-0.15, -0.1) is 11.3 Å². The van der Waals surface area contributed by atoms with E-state index in [1.165, 1.54) is 4.90 Å². The summed E-state index contributed by atoms with van der Waals surface area (Å²) >= 11 is 1.57. The van der Waals surface area contributed by atoms with Crippen LogP contribution in [0.3, 0.4) is 0 Å². The fourth-order valence-electron chi connectivity index (χ4n) is 3.79. The average Bonchev–Trinajstić information content (AvgIpc) is 2.97. The molecule has 0 spiro atoms. The van der Waals surface area contributed by atoms with Gasteiger partial charge in [0.2, 0.25) is 5.91 Å². The van der Waals surface area contributed by atoms with Crippen LogP contribution in [0.4, 0.5) is 10.8 Å². The highest BCUT2D eigenvalue weighted by Crippen LogP contribution is 2.41. The molecule has 0 N–H and O–H groups in total. The second-order valence-electron chi connectivity index (χ2n) is 7.08. The van der Waals surface area contributed by atoms with Crippen LogP contribution >= 0.6 is 11.3 Å². The minimum atomic E-state index is -0.0493. The normalized spacial score (nSPS) is 17.1. The van der Waals surface area contributed by atoms with Crippen LogP contribution in [0.2, 0.25) is 0 Å². The van der Waals surface area contributed by atoms with Crippen molar-refractivity contribution in [2.45, 2.75) is 33.7 Å². The summed E-state index contributed by atoms with van der Waals surface area (Å²) in [6.07, 6.45) is 2.54. The van der Waals surface area contributed by atoms with Gasteiger partial charge in [0.1, 0.15) is 11.5 Å². The van der Waals surface area contributed by atoms with Crippen molar-refractivity contribution in [2.24, 2.45) is 0 Å².